The van der Waals surface area contributed by atoms with Gasteiger partial charge in [-0.1, -0.05) is 12.8 Å². The predicted octanol–water partition coefficient (Wildman–Crippen LogP) is 2.22. The monoisotopic (exact) mass is 232 g/mol. The lowest BCUT2D eigenvalue weighted by Crippen LogP contribution is -2.47. The lowest BCUT2D eigenvalue weighted by molar-refractivity contribution is 0.241. The maximum atomic E-state index is 5.76. The summed E-state index contributed by atoms with van der Waals surface area (Å²) in [6.45, 7) is 1.09. The van der Waals surface area contributed by atoms with E-state index in [1.165, 1.54) is 38.5 Å². The van der Waals surface area contributed by atoms with Crippen LogP contribution in [0.1, 0.15) is 38.5 Å². The molecule has 0 radical (unpaired) electrons. The normalized spacial score (nSPS) is 28.8. The summed E-state index contributed by atoms with van der Waals surface area (Å²) in [6.07, 6.45) is 9.83. The Labute approximate surface area is 102 Å². The number of fused-ring (bicyclic) bond motifs is 1. The van der Waals surface area contributed by atoms with Crippen LogP contribution in [-0.4, -0.2) is 22.6 Å². The zero-order chi connectivity index (χ0) is 11.7. The first-order valence-electron chi connectivity index (χ1n) is 6.70. The molecule has 2 atom stereocenters. The van der Waals surface area contributed by atoms with Crippen molar-refractivity contribution < 1.29 is 0 Å². The van der Waals surface area contributed by atoms with Crippen LogP contribution in [-0.2, 0) is 0 Å². The highest BCUT2D eigenvalue weighted by atomic mass is 15.3. The first-order chi connectivity index (χ1) is 8.34. The molecule has 17 heavy (non-hydrogen) atoms. The van der Waals surface area contributed by atoms with Gasteiger partial charge in [-0.15, -0.1) is 0 Å². The van der Waals surface area contributed by atoms with Gasteiger partial charge in [0.1, 0.15) is 5.82 Å². The third-order valence-corrected chi connectivity index (χ3v) is 4.16. The second kappa shape index (κ2) is 4.51. The van der Waals surface area contributed by atoms with Gasteiger partial charge < -0.3 is 10.6 Å². The zero-order valence-electron chi connectivity index (χ0n) is 10.2. The van der Waals surface area contributed by atoms with E-state index in [0.29, 0.717) is 11.9 Å². The number of hydrogen-bond donors (Lipinski definition) is 1. The molecule has 1 saturated carbocycles. The molecule has 0 amide bonds. The molecule has 2 N–H and O–H groups in total. The fourth-order valence-corrected chi connectivity index (χ4v) is 3.37. The lowest BCUT2D eigenvalue weighted by Gasteiger charge is -2.44. The van der Waals surface area contributed by atoms with Crippen molar-refractivity contribution in [2.45, 2.75) is 44.6 Å². The van der Waals surface area contributed by atoms with E-state index in [4.69, 9.17) is 5.73 Å². The quantitative estimate of drug-likeness (QED) is 0.806. The highest BCUT2D eigenvalue weighted by Crippen LogP contribution is 2.36. The average Bonchev–Trinajstić information content (AvgIpc) is 2.38. The van der Waals surface area contributed by atoms with Gasteiger partial charge >= 0.3 is 0 Å². The molecule has 0 aromatic carbocycles. The molecular formula is C13H20N4. The SMILES string of the molecule is Nc1ccnc(N2CCC[C@H]3CCCC[C@H]32)n1. The van der Waals surface area contributed by atoms with Crippen LogP contribution in [0, 0.1) is 5.92 Å². The van der Waals surface area contributed by atoms with E-state index in [1.807, 2.05) is 0 Å². The van der Waals surface area contributed by atoms with Crippen LogP contribution in [0.3, 0.4) is 0 Å². The average molecular weight is 232 g/mol. The van der Waals surface area contributed by atoms with Crippen molar-refractivity contribution in [2.75, 3.05) is 17.2 Å². The van der Waals surface area contributed by atoms with Crippen molar-refractivity contribution in [3.05, 3.63) is 12.3 Å². The Hall–Kier alpha value is -1.32. The maximum Gasteiger partial charge on any atom is 0.227 e. The molecule has 1 aliphatic heterocycles. The van der Waals surface area contributed by atoms with Crippen LogP contribution in [0.5, 0.6) is 0 Å². The van der Waals surface area contributed by atoms with E-state index in [0.717, 1.165) is 18.4 Å². The summed E-state index contributed by atoms with van der Waals surface area (Å²) in [7, 11) is 0. The Morgan fingerprint density at radius 3 is 2.88 bits per heavy atom. The van der Waals surface area contributed by atoms with Crippen molar-refractivity contribution in [3.8, 4) is 0 Å². The number of nitrogens with zero attached hydrogens (tertiary/aromatic N) is 3. The summed E-state index contributed by atoms with van der Waals surface area (Å²) in [4.78, 5) is 11.2. The molecular weight excluding hydrogens is 212 g/mol. The van der Waals surface area contributed by atoms with Crippen LogP contribution in [0.25, 0.3) is 0 Å². The maximum absolute atomic E-state index is 5.76. The van der Waals surface area contributed by atoms with Gasteiger partial charge in [-0.3, -0.25) is 0 Å². The summed E-state index contributed by atoms with van der Waals surface area (Å²) in [6, 6.07) is 2.41. The van der Waals surface area contributed by atoms with E-state index in [1.54, 1.807) is 12.3 Å². The van der Waals surface area contributed by atoms with Gasteiger partial charge in [0.2, 0.25) is 5.95 Å². The molecule has 1 aliphatic carbocycles. The van der Waals surface area contributed by atoms with Gasteiger partial charge in [-0.25, -0.2) is 4.98 Å². The Bertz CT molecular complexity index is 391. The van der Waals surface area contributed by atoms with Gasteiger partial charge in [-0.2, -0.15) is 4.98 Å². The second-order valence-electron chi connectivity index (χ2n) is 5.23. The Balaban J connectivity index is 1.85. The van der Waals surface area contributed by atoms with Gasteiger partial charge in [0.25, 0.3) is 0 Å². The van der Waals surface area contributed by atoms with Crippen LogP contribution in [0.2, 0.25) is 0 Å². The molecule has 1 saturated heterocycles. The largest absolute Gasteiger partial charge is 0.384 e. The number of anilines is 2. The van der Waals surface area contributed by atoms with Crippen LogP contribution in [0.15, 0.2) is 12.3 Å². The molecule has 0 spiro atoms. The topological polar surface area (TPSA) is 55.0 Å². The minimum Gasteiger partial charge on any atom is -0.384 e. The number of nitrogens with two attached hydrogens (primary N) is 1. The summed E-state index contributed by atoms with van der Waals surface area (Å²) >= 11 is 0. The molecule has 92 valence electrons. The van der Waals surface area contributed by atoms with Crippen molar-refractivity contribution in [1.29, 1.82) is 0 Å². The number of aromatic nitrogens is 2. The van der Waals surface area contributed by atoms with Crippen LogP contribution >= 0.6 is 0 Å². The van der Waals surface area contributed by atoms with Gasteiger partial charge in [0.15, 0.2) is 0 Å². The molecule has 2 heterocycles. The highest BCUT2D eigenvalue weighted by Gasteiger charge is 2.34. The fourth-order valence-electron chi connectivity index (χ4n) is 3.37. The summed E-state index contributed by atoms with van der Waals surface area (Å²) < 4.78 is 0. The second-order valence-corrected chi connectivity index (χ2v) is 5.23. The van der Waals surface area contributed by atoms with Gasteiger partial charge in [-0.05, 0) is 37.7 Å². The molecule has 4 nitrogen and oxygen atoms in total. The Morgan fingerprint density at radius 1 is 1.18 bits per heavy atom. The van der Waals surface area contributed by atoms with Crippen LogP contribution in [0.4, 0.5) is 11.8 Å². The summed E-state index contributed by atoms with van der Waals surface area (Å²) in [5.41, 5.74) is 5.76. The zero-order valence-corrected chi connectivity index (χ0v) is 10.2. The molecule has 2 aliphatic rings. The molecule has 0 unspecified atom stereocenters. The van der Waals surface area contributed by atoms with E-state index >= 15 is 0 Å². The first kappa shape index (κ1) is 10.8. The van der Waals surface area contributed by atoms with E-state index < -0.39 is 0 Å². The standard InChI is InChI=1S/C13H20N4/c14-12-7-8-15-13(16-12)17-9-3-5-10-4-1-2-6-11(10)17/h7-8,10-11H,1-6,9H2,(H2,14,15,16)/t10-,11-/m1/s1. The Morgan fingerprint density at radius 2 is 2.00 bits per heavy atom. The molecule has 4 heteroatoms. The minimum atomic E-state index is 0.577. The molecule has 2 fully saturated rings. The van der Waals surface area contributed by atoms with Crippen molar-refractivity contribution in [3.63, 3.8) is 0 Å². The number of rotatable bonds is 1. The van der Waals surface area contributed by atoms with Crippen LogP contribution < -0.4 is 10.6 Å². The molecule has 1 aromatic rings. The molecule has 1 aromatic heterocycles. The first-order valence-corrected chi connectivity index (χ1v) is 6.70. The Kier molecular flexibility index (Phi) is 2.87. The summed E-state index contributed by atoms with van der Waals surface area (Å²) in [5.74, 6) is 2.26. The third-order valence-electron chi connectivity index (χ3n) is 4.16. The molecule has 3 rings (SSSR count). The number of hydrogen-bond acceptors (Lipinski definition) is 4. The van der Waals surface area contributed by atoms with Gasteiger partial charge in [0.05, 0.1) is 0 Å². The van der Waals surface area contributed by atoms with E-state index in [2.05, 4.69) is 14.9 Å². The number of nitrogen functional groups attached to an aromatic ring is 1. The smallest absolute Gasteiger partial charge is 0.227 e. The predicted molar refractivity (Wildman–Crippen MR) is 68.8 cm³/mol. The van der Waals surface area contributed by atoms with E-state index in [9.17, 15) is 0 Å². The summed E-state index contributed by atoms with van der Waals surface area (Å²) in [5, 5.41) is 0. The van der Waals surface area contributed by atoms with Crippen molar-refractivity contribution >= 4 is 11.8 Å². The van der Waals surface area contributed by atoms with Crippen molar-refractivity contribution in [1.82, 2.24) is 9.97 Å². The van der Waals surface area contributed by atoms with E-state index in [-0.39, 0.29) is 0 Å². The minimum absolute atomic E-state index is 0.577. The number of piperidine rings is 1. The highest BCUT2D eigenvalue weighted by molar-refractivity contribution is 5.39. The molecule has 0 bridgehead atoms. The third kappa shape index (κ3) is 2.08. The lowest BCUT2D eigenvalue weighted by atomic mass is 9.78. The van der Waals surface area contributed by atoms with Gasteiger partial charge in [0, 0.05) is 18.8 Å². The van der Waals surface area contributed by atoms with Crippen molar-refractivity contribution in [2.24, 2.45) is 5.92 Å². The fraction of sp³-hybridized carbons (Fsp3) is 0.692.